The summed E-state index contributed by atoms with van der Waals surface area (Å²) >= 11 is 0. The molecule has 6 heteroatoms. The van der Waals surface area contributed by atoms with Crippen LogP contribution in [0.3, 0.4) is 0 Å². The highest BCUT2D eigenvalue weighted by molar-refractivity contribution is 5.95. The molecule has 2 unspecified atom stereocenters. The number of benzene rings is 2. The van der Waals surface area contributed by atoms with Crippen molar-refractivity contribution in [3.63, 3.8) is 0 Å². The van der Waals surface area contributed by atoms with Gasteiger partial charge in [-0.15, -0.1) is 0 Å². The lowest BCUT2D eigenvalue weighted by Gasteiger charge is -2.34. The van der Waals surface area contributed by atoms with Gasteiger partial charge >= 0.3 is 6.09 Å². The van der Waals surface area contributed by atoms with Crippen molar-refractivity contribution < 1.29 is 9.53 Å². The van der Waals surface area contributed by atoms with Crippen LogP contribution >= 0.6 is 0 Å². The lowest BCUT2D eigenvalue weighted by atomic mass is 9.95. The fourth-order valence-electron chi connectivity index (χ4n) is 6.54. The Bertz CT molecular complexity index is 1190. The molecule has 3 heterocycles. The summed E-state index contributed by atoms with van der Waals surface area (Å²) in [6, 6.07) is 15.6. The van der Waals surface area contributed by atoms with Crippen LogP contribution in [0.25, 0.3) is 11.0 Å². The Kier molecular flexibility index (Phi) is 5.13. The fraction of sp³-hybridized carbons (Fsp3) is 0.481. The molecule has 4 atom stereocenters. The molecule has 1 amide bonds. The third kappa shape index (κ3) is 3.34. The van der Waals surface area contributed by atoms with E-state index in [1.165, 1.54) is 36.6 Å². The Morgan fingerprint density at radius 3 is 2.79 bits per heavy atom. The molecule has 1 aromatic heterocycles. The Hall–Kier alpha value is -2.86. The maximum Gasteiger partial charge on any atom is 0.414 e. The number of carbonyl (C=O) groups is 1. The van der Waals surface area contributed by atoms with Crippen molar-refractivity contribution in [2.45, 2.75) is 51.1 Å². The molecule has 6 nitrogen and oxygen atoms in total. The number of carbonyl (C=O) groups excluding carboxylic acids is 1. The summed E-state index contributed by atoms with van der Waals surface area (Å²) in [5.74, 6) is 2.58. The van der Waals surface area contributed by atoms with Crippen molar-refractivity contribution in [1.29, 1.82) is 0 Å². The van der Waals surface area contributed by atoms with Gasteiger partial charge in [0.05, 0.1) is 23.8 Å². The first-order valence-electron chi connectivity index (χ1n) is 12.3. The fourth-order valence-corrected chi connectivity index (χ4v) is 6.54. The van der Waals surface area contributed by atoms with Crippen LogP contribution in [0.1, 0.15) is 49.2 Å². The van der Waals surface area contributed by atoms with Crippen LogP contribution in [0, 0.1) is 11.8 Å². The molecule has 1 aliphatic carbocycles. The molecule has 0 spiro atoms. The van der Waals surface area contributed by atoms with Crippen LogP contribution in [0.15, 0.2) is 42.5 Å². The maximum absolute atomic E-state index is 12.6. The highest BCUT2D eigenvalue weighted by atomic mass is 16.5. The molecule has 1 saturated heterocycles. The van der Waals surface area contributed by atoms with E-state index in [1.54, 1.807) is 4.90 Å². The summed E-state index contributed by atoms with van der Waals surface area (Å²) < 4.78 is 7.68. The summed E-state index contributed by atoms with van der Waals surface area (Å²) in [6.45, 7) is 4.33. The van der Waals surface area contributed by atoms with Crippen molar-refractivity contribution in [1.82, 2.24) is 14.9 Å². The van der Waals surface area contributed by atoms with Gasteiger partial charge in [-0.2, -0.15) is 0 Å². The molecule has 1 saturated carbocycles. The first kappa shape index (κ1) is 20.7. The number of aryl methyl sites for hydroxylation is 1. The van der Waals surface area contributed by atoms with Gasteiger partial charge in [0.25, 0.3) is 0 Å². The Morgan fingerprint density at radius 2 is 1.97 bits per heavy atom. The Balaban J connectivity index is 1.51. The standard InChI is InChI=1S/C27H32N4O2/c1-17-8-10-20-22(30(17)27(32)33-2)12-13-24-26(20)29-25(14-18-6-4-3-5-7-18)31(24)23-11-9-19-15-28-16-21(19)23/h3-7,12-13,17,19,21,23,28H,8-11,14-16H2,1-2H3/t17-,19?,21?,23-/m0/s1. The molecule has 3 aliphatic rings. The number of nitrogens with one attached hydrogen (secondary N) is 1. The minimum absolute atomic E-state index is 0.119. The van der Waals surface area contributed by atoms with E-state index in [1.807, 2.05) is 0 Å². The van der Waals surface area contributed by atoms with Crippen LogP contribution in [0.4, 0.5) is 10.5 Å². The average molecular weight is 445 g/mol. The third-order valence-corrected chi connectivity index (χ3v) is 8.16. The van der Waals surface area contributed by atoms with Crippen LogP contribution < -0.4 is 10.2 Å². The van der Waals surface area contributed by atoms with Crippen molar-refractivity contribution >= 4 is 22.8 Å². The number of hydrogen-bond acceptors (Lipinski definition) is 4. The molecule has 2 aliphatic heterocycles. The van der Waals surface area contributed by atoms with Crippen LogP contribution in [0.5, 0.6) is 0 Å². The molecular formula is C27H32N4O2. The molecule has 0 radical (unpaired) electrons. The van der Waals surface area contributed by atoms with Crippen molar-refractivity contribution in [3.8, 4) is 0 Å². The summed E-state index contributed by atoms with van der Waals surface area (Å²) in [5.41, 5.74) is 5.70. The zero-order chi connectivity index (χ0) is 22.5. The average Bonchev–Trinajstić information content (AvgIpc) is 3.53. The monoisotopic (exact) mass is 444 g/mol. The molecule has 0 bridgehead atoms. The molecule has 3 aromatic rings. The van der Waals surface area contributed by atoms with Gasteiger partial charge in [-0.25, -0.2) is 9.78 Å². The van der Waals surface area contributed by atoms with E-state index in [4.69, 9.17) is 9.72 Å². The number of methoxy groups -OCH3 is 1. The number of hydrogen-bond donors (Lipinski definition) is 1. The van der Waals surface area contributed by atoms with Crippen LogP contribution in [0.2, 0.25) is 0 Å². The van der Waals surface area contributed by atoms with E-state index in [0.29, 0.717) is 12.0 Å². The molecule has 172 valence electrons. The second-order valence-electron chi connectivity index (χ2n) is 9.95. The third-order valence-electron chi connectivity index (χ3n) is 8.16. The Labute approximate surface area is 194 Å². The topological polar surface area (TPSA) is 59.4 Å². The zero-order valence-electron chi connectivity index (χ0n) is 19.5. The number of aromatic nitrogens is 2. The van der Waals surface area contributed by atoms with Gasteiger partial charge in [-0.05, 0) is 68.7 Å². The molecule has 1 N–H and O–H groups in total. The van der Waals surface area contributed by atoms with E-state index in [0.717, 1.165) is 55.3 Å². The van der Waals surface area contributed by atoms with E-state index >= 15 is 0 Å². The van der Waals surface area contributed by atoms with Crippen molar-refractivity contribution in [3.05, 3.63) is 59.4 Å². The lowest BCUT2D eigenvalue weighted by Crippen LogP contribution is -2.42. The van der Waals surface area contributed by atoms with E-state index in [-0.39, 0.29) is 12.1 Å². The Morgan fingerprint density at radius 1 is 1.12 bits per heavy atom. The quantitative estimate of drug-likeness (QED) is 0.636. The molecular weight excluding hydrogens is 412 g/mol. The number of anilines is 1. The number of nitrogens with zero attached hydrogens (tertiary/aromatic N) is 3. The van der Waals surface area contributed by atoms with Crippen LogP contribution in [-0.4, -0.2) is 41.9 Å². The first-order chi connectivity index (χ1) is 16.2. The minimum atomic E-state index is -0.289. The first-order valence-corrected chi connectivity index (χ1v) is 12.3. The highest BCUT2D eigenvalue weighted by Crippen LogP contribution is 2.45. The van der Waals surface area contributed by atoms with E-state index in [2.05, 4.69) is 59.3 Å². The highest BCUT2D eigenvalue weighted by Gasteiger charge is 2.42. The molecule has 6 rings (SSSR count). The van der Waals surface area contributed by atoms with Crippen molar-refractivity contribution in [2.24, 2.45) is 11.8 Å². The van der Waals surface area contributed by atoms with Gasteiger partial charge < -0.3 is 14.6 Å². The summed E-state index contributed by atoms with van der Waals surface area (Å²) in [6.07, 6.45) is 4.88. The van der Waals surface area contributed by atoms with Gasteiger partial charge in [0.2, 0.25) is 0 Å². The van der Waals surface area contributed by atoms with Crippen LogP contribution in [-0.2, 0) is 17.6 Å². The SMILES string of the molecule is COC(=O)N1c2ccc3c(nc(Cc4ccccc4)n3[C@H]3CCC4CNCC43)c2CC[C@@H]1C. The number of fused-ring (bicyclic) bond motifs is 4. The van der Waals surface area contributed by atoms with Gasteiger partial charge in [-0.3, -0.25) is 4.90 Å². The molecule has 2 aromatic carbocycles. The number of amides is 1. The zero-order valence-corrected chi connectivity index (χ0v) is 19.5. The second kappa shape index (κ2) is 8.17. The molecule has 33 heavy (non-hydrogen) atoms. The number of rotatable bonds is 3. The summed E-state index contributed by atoms with van der Waals surface area (Å²) in [7, 11) is 1.46. The second-order valence-corrected chi connectivity index (χ2v) is 9.95. The lowest BCUT2D eigenvalue weighted by molar-refractivity contribution is 0.175. The normalized spacial score (nSPS) is 26.4. The maximum atomic E-state index is 12.6. The van der Waals surface area contributed by atoms with Gasteiger partial charge in [0.1, 0.15) is 5.82 Å². The van der Waals surface area contributed by atoms with Gasteiger partial charge in [0.15, 0.2) is 0 Å². The van der Waals surface area contributed by atoms with E-state index in [9.17, 15) is 4.79 Å². The summed E-state index contributed by atoms with van der Waals surface area (Å²) in [4.78, 5) is 19.7. The van der Waals surface area contributed by atoms with Gasteiger partial charge in [-0.1, -0.05) is 30.3 Å². The van der Waals surface area contributed by atoms with Gasteiger partial charge in [0, 0.05) is 30.6 Å². The largest absolute Gasteiger partial charge is 0.452 e. The van der Waals surface area contributed by atoms with Crippen molar-refractivity contribution in [2.75, 3.05) is 25.1 Å². The predicted molar refractivity (Wildman–Crippen MR) is 130 cm³/mol. The number of ether oxygens (including phenoxy) is 1. The van der Waals surface area contributed by atoms with E-state index < -0.39 is 0 Å². The summed E-state index contributed by atoms with van der Waals surface area (Å²) in [5, 5.41) is 3.62. The predicted octanol–water partition coefficient (Wildman–Crippen LogP) is 4.71. The molecule has 2 fully saturated rings. The minimum Gasteiger partial charge on any atom is -0.452 e. The number of imidazole rings is 1. The smallest absolute Gasteiger partial charge is 0.414 e.